The molecule has 134 valence electrons. The number of nitrogens with zero attached hydrogens (tertiary/aromatic N) is 3. The predicted molar refractivity (Wildman–Crippen MR) is 92.9 cm³/mol. The Labute approximate surface area is 149 Å². The highest BCUT2D eigenvalue weighted by molar-refractivity contribution is 5.87. The third kappa shape index (κ3) is 3.04. The average molecular weight is 354 g/mol. The Kier molecular flexibility index (Phi) is 4.13. The summed E-state index contributed by atoms with van der Waals surface area (Å²) in [6.07, 6.45) is 3.06. The molecule has 4 heterocycles. The second kappa shape index (κ2) is 6.60. The molecule has 0 radical (unpaired) electrons. The number of nitrogens with one attached hydrogen (secondary N) is 3. The van der Waals surface area contributed by atoms with Crippen LogP contribution in [0.15, 0.2) is 37.1 Å². The Morgan fingerprint density at radius 2 is 2.35 bits per heavy atom. The maximum Gasteiger partial charge on any atom is 0.330 e. The number of urea groups is 1. The molecule has 2 saturated heterocycles. The zero-order valence-electron chi connectivity index (χ0n) is 13.9. The molecule has 2 aliphatic rings. The normalized spacial score (nSPS) is 22.2. The van der Waals surface area contributed by atoms with E-state index < -0.39 is 6.17 Å². The van der Waals surface area contributed by atoms with Gasteiger partial charge in [-0.15, -0.1) is 0 Å². The zero-order valence-corrected chi connectivity index (χ0v) is 13.9. The van der Waals surface area contributed by atoms with Gasteiger partial charge in [-0.1, -0.05) is 12.6 Å². The molecule has 0 spiro atoms. The number of ether oxygens (including phenoxy) is 1. The van der Waals surface area contributed by atoms with Crippen LogP contribution in [0.4, 0.5) is 4.79 Å². The van der Waals surface area contributed by atoms with E-state index in [9.17, 15) is 9.59 Å². The van der Waals surface area contributed by atoms with Crippen LogP contribution in [0.1, 0.15) is 18.3 Å². The first kappa shape index (κ1) is 16.3. The van der Waals surface area contributed by atoms with Crippen LogP contribution in [0, 0.1) is 0 Å². The molecule has 0 aromatic carbocycles. The Morgan fingerprint density at radius 1 is 1.46 bits per heavy atom. The molecule has 3 N–H and O–H groups in total. The molecule has 2 aromatic heterocycles. The molecule has 2 aliphatic heterocycles. The lowest BCUT2D eigenvalue weighted by Gasteiger charge is -2.17. The van der Waals surface area contributed by atoms with Gasteiger partial charge in [0, 0.05) is 24.5 Å². The molecule has 0 aliphatic carbocycles. The van der Waals surface area contributed by atoms with Gasteiger partial charge in [0.25, 0.3) is 0 Å². The fourth-order valence-electron chi connectivity index (χ4n) is 3.11. The van der Waals surface area contributed by atoms with E-state index in [1.54, 1.807) is 11.1 Å². The highest BCUT2D eigenvalue weighted by Gasteiger charge is 2.28. The summed E-state index contributed by atoms with van der Waals surface area (Å²) in [4.78, 5) is 33.7. The number of fused-ring (bicyclic) bond motifs is 1. The van der Waals surface area contributed by atoms with Crippen LogP contribution in [0.2, 0.25) is 0 Å². The van der Waals surface area contributed by atoms with Crippen molar-refractivity contribution in [2.75, 3.05) is 13.1 Å². The van der Waals surface area contributed by atoms with Gasteiger partial charge in [-0.05, 0) is 18.2 Å². The predicted octanol–water partition coefficient (Wildman–Crippen LogP) is 0.611. The first-order chi connectivity index (χ1) is 12.6. The molecular formula is C17H18N6O3. The molecule has 3 amide bonds. The number of carbonyl (C=O) groups excluding carboxylic acids is 2. The number of carbonyl (C=O) groups is 2. The number of hydrogen-bond donors (Lipinski definition) is 3. The Hall–Kier alpha value is -3.20. The second-order valence-corrected chi connectivity index (χ2v) is 6.12. The summed E-state index contributed by atoms with van der Waals surface area (Å²) in [6, 6.07) is 5.27. The van der Waals surface area contributed by atoms with Crippen molar-refractivity contribution in [3.8, 4) is 5.88 Å². The zero-order chi connectivity index (χ0) is 18.1. The van der Waals surface area contributed by atoms with Gasteiger partial charge < -0.3 is 15.0 Å². The van der Waals surface area contributed by atoms with Gasteiger partial charge in [0.15, 0.2) is 0 Å². The molecule has 0 saturated carbocycles. The van der Waals surface area contributed by atoms with Crippen molar-refractivity contribution in [3.63, 3.8) is 0 Å². The Bertz CT molecular complexity index is 886. The van der Waals surface area contributed by atoms with E-state index in [2.05, 4.69) is 32.7 Å². The van der Waals surface area contributed by atoms with Crippen LogP contribution in [-0.4, -0.2) is 46.0 Å². The monoisotopic (exact) mass is 354 g/mol. The van der Waals surface area contributed by atoms with Gasteiger partial charge in [0.2, 0.25) is 11.8 Å². The van der Waals surface area contributed by atoms with Crippen LogP contribution >= 0.6 is 0 Å². The van der Waals surface area contributed by atoms with E-state index >= 15 is 0 Å². The summed E-state index contributed by atoms with van der Waals surface area (Å²) in [6.45, 7) is 4.61. The number of hydrogen-bond acceptors (Lipinski definition) is 6. The number of rotatable bonds is 4. The van der Waals surface area contributed by atoms with Gasteiger partial charge >= 0.3 is 6.03 Å². The van der Waals surface area contributed by atoms with Gasteiger partial charge in [-0.3, -0.25) is 15.2 Å². The lowest BCUT2D eigenvalue weighted by atomic mass is 10.2. The average Bonchev–Trinajstić information content (AvgIpc) is 3.30. The molecule has 4 rings (SSSR count). The SMILES string of the molecule is C=CC(=O)N1CC[C@H](Oc2nc(C3NNC(=O)N3)cc3cccnc23)C1. The van der Waals surface area contributed by atoms with E-state index in [1.807, 2.05) is 18.2 Å². The standard InChI is InChI=1S/C17H18N6O3/c1-2-13(24)23-7-5-11(9-23)26-16-14-10(4-3-6-18-14)8-12(19-16)15-20-17(25)22-21-15/h2-4,6,8,11,15,21H,1,5,7,9H2,(H2,20,22,25)/t11-,15?/m0/s1. The quantitative estimate of drug-likeness (QED) is 0.695. The maximum absolute atomic E-state index is 11.8. The molecule has 2 atom stereocenters. The lowest BCUT2D eigenvalue weighted by Crippen LogP contribution is -2.30. The van der Waals surface area contributed by atoms with E-state index in [0.29, 0.717) is 36.6 Å². The third-order valence-corrected chi connectivity index (χ3v) is 4.39. The maximum atomic E-state index is 11.8. The molecule has 26 heavy (non-hydrogen) atoms. The van der Waals surface area contributed by atoms with Crippen molar-refractivity contribution in [3.05, 3.63) is 42.7 Å². The van der Waals surface area contributed by atoms with Crippen LogP contribution < -0.4 is 20.9 Å². The Balaban J connectivity index is 1.62. The van der Waals surface area contributed by atoms with Crippen LogP contribution in [0.5, 0.6) is 5.88 Å². The first-order valence-corrected chi connectivity index (χ1v) is 8.30. The topological polar surface area (TPSA) is 108 Å². The number of amides is 3. The van der Waals surface area contributed by atoms with E-state index in [4.69, 9.17) is 4.74 Å². The van der Waals surface area contributed by atoms with Gasteiger partial charge in [0.1, 0.15) is 17.8 Å². The molecule has 2 fully saturated rings. The Morgan fingerprint density at radius 3 is 3.12 bits per heavy atom. The molecule has 0 bridgehead atoms. The summed E-state index contributed by atoms with van der Waals surface area (Å²) in [5, 5.41) is 3.58. The van der Waals surface area contributed by atoms with E-state index in [-0.39, 0.29) is 18.0 Å². The van der Waals surface area contributed by atoms with Crippen LogP contribution in [-0.2, 0) is 4.79 Å². The summed E-state index contributed by atoms with van der Waals surface area (Å²) in [5.74, 6) is 0.281. The highest BCUT2D eigenvalue weighted by Crippen LogP contribution is 2.27. The minimum absolute atomic E-state index is 0.107. The van der Waals surface area contributed by atoms with Crippen molar-refractivity contribution < 1.29 is 14.3 Å². The first-order valence-electron chi connectivity index (χ1n) is 8.30. The lowest BCUT2D eigenvalue weighted by molar-refractivity contribution is -0.125. The van der Waals surface area contributed by atoms with Crippen molar-refractivity contribution in [2.24, 2.45) is 0 Å². The second-order valence-electron chi connectivity index (χ2n) is 6.12. The third-order valence-electron chi connectivity index (χ3n) is 4.39. The van der Waals surface area contributed by atoms with E-state index in [0.717, 1.165) is 5.39 Å². The van der Waals surface area contributed by atoms with Gasteiger partial charge in [-0.2, -0.15) is 0 Å². The number of hydrazine groups is 1. The number of aromatic nitrogens is 2. The minimum Gasteiger partial charge on any atom is -0.471 e. The molecule has 9 nitrogen and oxygen atoms in total. The number of pyridine rings is 2. The molecular weight excluding hydrogens is 336 g/mol. The van der Waals surface area contributed by atoms with Crippen molar-refractivity contribution in [1.29, 1.82) is 0 Å². The minimum atomic E-state index is -0.461. The summed E-state index contributed by atoms with van der Waals surface area (Å²) >= 11 is 0. The van der Waals surface area contributed by atoms with E-state index in [1.165, 1.54) is 6.08 Å². The highest BCUT2D eigenvalue weighted by atomic mass is 16.5. The smallest absolute Gasteiger partial charge is 0.330 e. The molecule has 9 heteroatoms. The summed E-state index contributed by atoms with van der Waals surface area (Å²) < 4.78 is 6.08. The number of likely N-dealkylation sites (tertiary alicyclic amines) is 1. The van der Waals surface area contributed by atoms with Gasteiger partial charge in [-0.25, -0.2) is 15.2 Å². The fourth-order valence-corrected chi connectivity index (χ4v) is 3.11. The molecule has 2 aromatic rings. The summed E-state index contributed by atoms with van der Waals surface area (Å²) in [7, 11) is 0. The van der Waals surface area contributed by atoms with Crippen molar-refractivity contribution in [1.82, 2.24) is 31.0 Å². The largest absolute Gasteiger partial charge is 0.471 e. The van der Waals surface area contributed by atoms with Crippen LogP contribution in [0.25, 0.3) is 10.9 Å². The van der Waals surface area contributed by atoms with Crippen LogP contribution in [0.3, 0.4) is 0 Å². The molecule has 1 unspecified atom stereocenters. The van der Waals surface area contributed by atoms with Gasteiger partial charge in [0.05, 0.1) is 12.2 Å². The van der Waals surface area contributed by atoms with Crippen molar-refractivity contribution >= 4 is 22.8 Å². The summed E-state index contributed by atoms with van der Waals surface area (Å²) in [5.41, 5.74) is 6.56. The van der Waals surface area contributed by atoms with Crippen molar-refractivity contribution in [2.45, 2.75) is 18.7 Å². The fraction of sp³-hybridized carbons (Fsp3) is 0.294.